The second-order valence-corrected chi connectivity index (χ2v) is 7.67. The Balaban J connectivity index is 1.54. The van der Waals surface area contributed by atoms with Crippen molar-refractivity contribution in [2.75, 3.05) is 5.32 Å². The van der Waals surface area contributed by atoms with Gasteiger partial charge in [0.25, 0.3) is 0 Å². The molecule has 0 spiro atoms. The van der Waals surface area contributed by atoms with Gasteiger partial charge in [0.1, 0.15) is 11.6 Å². The summed E-state index contributed by atoms with van der Waals surface area (Å²) in [5.41, 5.74) is 2.17. The predicted molar refractivity (Wildman–Crippen MR) is 110 cm³/mol. The molecule has 0 aliphatic heterocycles. The highest BCUT2D eigenvalue weighted by molar-refractivity contribution is 7.13. The Bertz CT molecular complexity index is 1130. The van der Waals surface area contributed by atoms with Crippen molar-refractivity contribution in [1.82, 2.24) is 14.8 Å². The molecule has 0 unspecified atom stereocenters. The highest BCUT2D eigenvalue weighted by Crippen LogP contribution is 2.26. The molecular formula is C20H17ClN4O2S. The van der Waals surface area contributed by atoms with E-state index in [-0.39, 0.29) is 12.3 Å². The monoisotopic (exact) mass is 412 g/mol. The number of benzene rings is 1. The second kappa shape index (κ2) is 7.61. The predicted octanol–water partition coefficient (Wildman–Crippen LogP) is 5.04. The van der Waals surface area contributed by atoms with Gasteiger partial charge >= 0.3 is 0 Å². The first-order valence-electron chi connectivity index (χ1n) is 8.62. The summed E-state index contributed by atoms with van der Waals surface area (Å²) >= 11 is 7.63. The van der Waals surface area contributed by atoms with E-state index in [0.717, 1.165) is 16.3 Å². The molecule has 0 aliphatic rings. The van der Waals surface area contributed by atoms with E-state index < -0.39 is 0 Å². The fourth-order valence-electron chi connectivity index (χ4n) is 2.83. The van der Waals surface area contributed by atoms with Crippen molar-refractivity contribution in [3.63, 3.8) is 0 Å². The number of aromatic nitrogens is 3. The lowest BCUT2D eigenvalue weighted by atomic mass is 10.2. The highest BCUT2D eigenvalue weighted by atomic mass is 35.5. The largest absolute Gasteiger partial charge is 0.440 e. The molecule has 3 aromatic heterocycles. The van der Waals surface area contributed by atoms with Crippen LogP contribution in [-0.2, 0) is 11.2 Å². The van der Waals surface area contributed by atoms with Gasteiger partial charge in [-0.3, -0.25) is 4.79 Å². The van der Waals surface area contributed by atoms with Gasteiger partial charge in [-0.1, -0.05) is 23.7 Å². The van der Waals surface area contributed by atoms with Crippen molar-refractivity contribution < 1.29 is 9.21 Å². The minimum Gasteiger partial charge on any atom is -0.440 e. The number of rotatable bonds is 5. The maximum atomic E-state index is 12.6. The van der Waals surface area contributed by atoms with Crippen molar-refractivity contribution in [3.05, 3.63) is 70.0 Å². The summed E-state index contributed by atoms with van der Waals surface area (Å²) in [5, 5.41) is 9.91. The molecule has 0 fully saturated rings. The third kappa shape index (κ3) is 3.85. The lowest BCUT2D eigenvalue weighted by Gasteiger charge is -2.09. The summed E-state index contributed by atoms with van der Waals surface area (Å²) in [6, 6.07) is 13.0. The van der Waals surface area contributed by atoms with E-state index in [2.05, 4.69) is 15.4 Å². The highest BCUT2D eigenvalue weighted by Gasteiger charge is 2.17. The summed E-state index contributed by atoms with van der Waals surface area (Å²) in [7, 11) is 0. The molecule has 1 amide bonds. The third-order valence-electron chi connectivity index (χ3n) is 4.10. The first kappa shape index (κ1) is 18.5. The van der Waals surface area contributed by atoms with Crippen LogP contribution in [0.5, 0.6) is 0 Å². The molecule has 0 saturated heterocycles. The zero-order chi connectivity index (χ0) is 19.7. The number of hydrogen-bond donors (Lipinski definition) is 1. The Morgan fingerprint density at radius 3 is 2.86 bits per heavy atom. The molecular weight excluding hydrogens is 396 g/mol. The SMILES string of the molecule is Cc1cc(NC(=O)Cc2nc(-c3cccs3)oc2C)n(-c2cccc(Cl)c2)n1. The molecule has 8 heteroatoms. The Morgan fingerprint density at radius 2 is 2.11 bits per heavy atom. The Kier molecular flexibility index (Phi) is 5.02. The van der Waals surface area contributed by atoms with Gasteiger partial charge in [0, 0.05) is 11.1 Å². The van der Waals surface area contributed by atoms with Gasteiger partial charge in [-0.15, -0.1) is 11.3 Å². The first-order valence-corrected chi connectivity index (χ1v) is 9.88. The molecule has 0 aliphatic carbocycles. The Morgan fingerprint density at radius 1 is 1.25 bits per heavy atom. The van der Waals surface area contributed by atoms with Crippen LogP contribution in [0.4, 0.5) is 5.82 Å². The number of carbonyl (C=O) groups excluding carboxylic acids is 1. The maximum Gasteiger partial charge on any atom is 0.236 e. The topological polar surface area (TPSA) is 73.0 Å². The summed E-state index contributed by atoms with van der Waals surface area (Å²) in [5.74, 6) is 1.55. The number of aryl methyl sites for hydroxylation is 2. The van der Waals surface area contributed by atoms with Crippen LogP contribution in [0.1, 0.15) is 17.1 Å². The smallest absolute Gasteiger partial charge is 0.236 e. The summed E-state index contributed by atoms with van der Waals surface area (Å²) in [6.45, 7) is 3.68. The van der Waals surface area contributed by atoms with Gasteiger partial charge in [-0.05, 0) is 43.5 Å². The minimum atomic E-state index is -0.197. The number of anilines is 1. The number of nitrogens with zero attached hydrogens (tertiary/aromatic N) is 3. The van der Waals surface area contributed by atoms with Gasteiger partial charge in [-0.2, -0.15) is 5.10 Å². The van der Waals surface area contributed by atoms with Gasteiger partial charge in [0.15, 0.2) is 0 Å². The third-order valence-corrected chi connectivity index (χ3v) is 5.20. The fraction of sp³-hybridized carbons (Fsp3) is 0.150. The fourth-order valence-corrected chi connectivity index (χ4v) is 3.66. The molecule has 4 rings (SSSR count). The van der Waals surface area contributed by atoms with Crippen LogP contribution in [0.15, 0.2) is 52.3 Å². The van der Waals surface area contributed by atoms with Crippen molar-refractivity contribution >= 4 is 34.7 Å². The second-order valence-electron chi connectivity index (χ2n) is 6.29. The van der Waals surface area contributed by atoms with E-state index in [1.165, 1.54) is 0 Å². The van der Waals surface area contributed by atoms with Crippen LogP contribution in [-0.4, -0.2) is 20.7 Å². The number of hydrogen-bond acceptors (Lipinski definition) is 5. The zero-order valence-electron chi connectivity index (χ0n) is 15.3. The first-order chi connectivity index (χ1) is 13.5. The van der Waals surface area contributed by atoms with Crippen LogP contribution < -0.4 is 5.32 Å². The Labute approximate surface area is 170 Å². The molecule has 0 radical (unpaired) electrons. The summed E-state index contributed by atoms with van der Waals surface area (Å²) < 4.78 is 7.37. The number of oxazole rings is 1. The average molecular weight is 413 g/mol. The molecule has 4 aromatic rings. The van der Waals surface area contributed by atoms with Gasteiger partial charge < -0.3 is 9.73 Å². The van der Waals surface area contributed by atoms with E-state index >= 15 is 0 Å². The molecule has 28 heavy (non-hydrogen) atoms. The molecule has 1 aromatic carbocycles. The van der Waals surface area contributed by atoms with Crippen LogP contribution >= 0.6 is 22.9 Å². The molecule has 0 atom stereocenters. The molecule has 3 heterocycles. The summed E-state index contributed by atoms with van der Waals surface area (Å²) in [6.07, 6.45) is 0.112. The van der Waals surface area contributed by atoms with Crippen molar-refractivity contribution in [2.45, 2.75) is 20.3 Å². The van der Waals surface area contributed by atoms with E-state index in [1.807, 2.05) is 49.6 Å². The van der Waals surface area contributed by atoms with Crippen LogP contribution in [0.25, 0.3) is 16.5 Å². The normalized spacial score (nSPS) is 11.0. The summed E-state index contributed by atoms with van der Waals surface area (Å²) in [4.78, 5) is 18.0. The average Bonchev–Trinajstić information content (AvgIpc) is 3.36. The number of carbonyl (C=O) groups is 1. The maximum absolute atomic E-state index is 12.6. The number of halogens is 1. The standard InChI is InChI=1S/C20H17ClN4O2S/c1-12-9-18(25(24-12)15-6-3-5-14(21)10-15)23-19(26)11-16-13(2)27-20(22-16)17-7-4-8-28-17/h3-10H,11H2,1-2H3,(H,23,26). The van der Waals surface area contributed by atoms with E-state index in [4.69, 9.17) is 16.0 Å². The van der Waals surface area contributed by atoms with Gasteiger partial charge in [0.05, 0.1) is 28.4 Å². The number of amides is 1. The number of nitrogens with one attached hydrogen (secondary N) is 1. The van der Waals surface area contributed by atoms with E-state index in [0.29, 0.717) is 28.2 Å². The van der Waals surface area contributed by atoms with Crippen LogP contribution in [0.2, 0.25) is 5.02 Å². The van der Waals surface area contributed by atoms with E-state index in [1.54, 1.807) is 28.2 Å². The van der Waals surface area contributed by atoms with Crippen molar-refractivity contribution in [2.24, 2.45) is 0 Å². The molecule has 0 saturated carbocycles. The Hall–Kier alpha value is -2.90. The molecule has 142 valence electrons. The van der Waals surface area contributed by atoms with Crippen molar-refractivity contribution in [3.8, 4) is 16.5 Å². The van der Waals surface area contributed by atoms with Crippen molar-refractivity contribution in [1.29, 1.82) is 0 Å². The van der Waals surface area contributed by atoms with Gasteiger partial charge in [-0.25, -0.2) is 9.67 Å². The van der Waals surface area contributed by atoms with Gasteiger partial charge in [0.2, 0.25) is 11.8 Å². The molecule has 6 nitrogen and oxygen atoms in total. The van der Waals surface area contributed by atoms with Crippen LogP contribution in [0.3, 0.4) is 0 Å². The zero-order valence-corrected chi connectivity index (χ0v) is 16.8. The minimum absolute atomic E-state index is 0.112. The van der Waals surface area contributed by atoms with Crippen LogP contribution in [0, 0.1) is 13.8 Å². The molecule has 0 bridgehead atoms. The van der Waals surface area contributed by atoms with E-state index in [9.17, 15) is 4.79 Å². The molecule has 1 N–H and O–H groups in total. The lowest BCUT2D eigenvalue weighted by molar-refractivity contribution is -0.115. The number of thiophene rings is 1. The quantitative estimate of drug-likeness (QED) is 0.498. The lowest BCUT2D eigenvalue weighted by Crippen LogP contribution is -2.17.